The van der Waals surface area contributed by atoms with Crippen LogP contribution in [0, 0.1) is 0 Å². The van der Waals surface area contributed by atoms with Gasteiger partial charge in [0.05, 0.1) is 0 Å². The topological polar surface area (TPSA) is 12.0 Å². The maximum atomic E-state index is 3.62. The fourth-order valence-corrected chi connectivity index (χ4v) is 3.42. The molecule has 0 saturated carbocycles. The highest BCUT2D eigenvalue weighted by Crippen LogP contribution is 2.11. The smallest absolute Gasteiger partial charge is 0.00489 e. The Bertz CT molecular complexity index is 180. The molecule has 1 heteroatoms. The monoisotopic (exact) mass is 339 g/mol. The van der Waals surface area contributed by atoms with Crippen LogP contribution in [-0.2, 0) is 0 Å². The van der Waals surface area contributed by atoms with Crippen LogP contribution in [0.1, 0.15) is 136 Å². The van der Waals surface area contributed by atoms with Crippen LogP contribution in [0.3, 0.4) is 0 Å². The average molecular weight is 340 g/mol. The van der Waals surface area contributed by atoms with Gasteiger partial charge in [-0.15, -0.1) is 0 Å². The molecule has 0 aromatic rings. The summed E-state index contributed by atoms with van der Waals surface area (Å²) < 4.78 is 0. The first-order valence-electron chi connectivity index (χ1n) is 11.6. The van der Waals surface area contributed by atoms with Crippen LogP contribution in [0.2, 0.25) is 0 Å². The third kappa shape index (κ3) is 22.0. The van der Waals surface area contributed by atoms with Crippen molar-refractivity contribution >= 4 is 0 Å². The lowest BCUT2D eigenvalue weighted by Gasteiger charge is -2.05. The normalized spacial score (nSPS) is 11.2. The molecule has 24 heavy (non-hydrogen) atoms. The summed E-state index contributed by atoms with van der Waals surface area (Å²) in [5.74, 6) is 0. The largest absolute Gasteiger partial charge is 0.317 e. The van der Waals surface area contributed by atoms with Crippen LogP contribution in [0.15, 0.2) is 0 Å². The highest BCUT2D eigenvalue weighted by Gasteiger charge is 1.94. The van der Waals surface area contributed by atoms with Crippen LogP contribution in [-0.4, -0.2) is 13.1 Å². The highest BCUT2D eigenvalue weighted by molar-refractivity contribution is 4.52. The van der Waals surface area contributed by atoms with E-state index < -0.39 is 0 Å². The zero-order valence-corrected chi connectivity index (χ0v) is 17.3. The van der Waals surface area contributed by atoms with Crippen molar-refractivity contribution in [2.45, 2.75) is 136 Å². The van der Waals surface area contributed by atoms with E-state index in [0.29, 0.717) is 0 Å². The van der Waals surface area contributed by atoms with Crippen molar-refractivity contribution in [1.29, 1.82) is 0 Å². The molecule has 0 aliphatic carbocycles. The van der Waals surface area contributed by atoms with Crippen LogP contribution < -0.4 is 5.32 Å². The van der Waals surface area contributed by atoms with E-state index in [1.54, 1.807) is 0 Å². The summed E-state index contributed by atoms with van der Waals surface area (Å²) in [7, 11) is 0. The number of nitrogens with one attached hydrogen (secondary N) is 1. The van der Waals surface area contributed by atoms with Crippen molar-refractivity contribution in [3.8, 4) is 0 Å². The van der Waals surface area contributed by atoms with Gasteiger partial charge in [0.1, 0.15) is 0 Å². The molecule has 0 atom stereocenters. The second-order valence-corrected chi connectivity index (χ2v) is 7.76. The molecule has 146 valence electrons. The number of hydrogen-bond donors (Lipinski definition) is 1. The fourth-order valence-electron chi connectivity index (χ4n) is 3.42. The van der Waals surface area contributed by atoms with Gasteiger partial charge in [-0.25, -0.2) is 0 Å². The van der Waals surface area contributed by atoms with Gasteiger partial charge in [-0.1, -0.05) is 123 Å². The van der Waals surface area contributed by atoms with Crippen molar-refractivity contribution in [2.75, 3.05) is 13.1 Å². The predicted molar refractivity (Wildman–Crippen MR) is 112 cm³/mol. The molecule has 0 bridgehead atoms. The van der Waals surface area contributed by atoms with Crippen LogP contribution >= 0.6 is 0 Å². The predicted octanol–water partition coefficient (Wildman–Crippen LogP) is 8.03. The standard InChI is InChI=1S/C23H49N/c1-3-5-7-9-11-12-13-14-15-17-19-21-23-24-22-20-18-16-10-8-6-4-2/h24H,3-23H2,1-2H3. The summed E-state index contributed by atoms with van der Waals surface area (Å²) in [6, 6.07) is 0. The Hall–Kier alpha value is -0.0400. The summed E-state index contributed by atoms with van der Waals surface area (Å²) in [6.07, 6.45) is 27.3. The van der Waals surface area contributed by atoms with E-state index in [4.69, 9.17) is 0 Å². The van der Waals surface area contributed by atoms with Gasteiger partial charge in [0, 0.05) is 0 Å². The van der Waals surface area contributed by atoms with Gasteiger partial charge in [-0.3, -0.25) is 0 Å². The molecule has 0 radical (unpaired) electrons. The number of rotatable bonds is 21. The minimum absolute atomic E-state index is 1.24. The van der Waals surface area contributed by atoms with E-state index in [9.17, 15) is 0 Å². The van der Waals surface area contributed by atoms with E-state index in [0.717, 1.165) is 0 Å². The summed E-state index contributed by atoms with van der Waals surface area (Å²) in [5, 5.41) is 3.62. The second-order valence-electron chi connectivity index (χ2n) is 7.76. The first-order valence-corrected chi connectivity index (χ1v) is 11.6. The molecule has 0 aromatic carbocycles. The molecule has 0 amide bonds. The van der Waals surface area contributed by atoms with E-state index in [2.05, 4.69) is 19.2 Å². The third-order valence-corrected chi connectivity index (χ3v) is 5.16. The molecule has 0 aromatic heterocycles. The molecule has 0 aliphatic rings. The Balaban J connectivity index is 2.93. The van der Waals surface area contributed by atoms with Crippen molar-refractivity contribution in [1.82, 2.24) is 5.32 Å². The Labute approximate surface area is 154 Å². The van der Waals surface area contributed by atoms with E-state index in [1.165, 1.54) is 135 Å². The molecular weight excluding hydrogens is 290 g/mol. The molecule has 0 aliphatic heterocycles. The fraction of sp³-hybridized carbons (Fsp3) is 1.00. The molecule has 1 N–H and O–H groups in total. The summed E-state index contributed by atoms with van der Waals surface area (Å²) in [4.78, 5) is 0. The Morgan fingerprint density at radius 1 is 0.333 bits per heavy atom. The summed E-state index contributed by atoms with van der Waals surface area (Å²) in [5.41, 5.74) is 0. The van der Waals surface area contributed by atoms with Crippen molar-refractivity contribution < 1.29 is 0 Å². The van der Waals surface area contributed by atoms with Crippen LogP contribution in [0.25, 0.3) is 0 Å². The lowest BCUT2D eigenvalue weighted by atomic mass is 10.1. The summed E-state index contributed by atoms with van der Waals surface area (Å²) >= 11 is 0. The van der Waals surface area contributed by atoms with Gasteiger partial charge < -0.3 is 5.32 Å². The van der Waals surface area contributed by atoms with Gasteiger partial charge in [-0.05, 0) is 25.9 Å². The Morgan fingerprint density at radius 2 is 0.583 bits per heavy atom. The van der Waals surface area contributed by atoms with E-state index in [1.807, 2.05) is 0 Å². The minimum atomic E-state index is 1.24. The number of hydrogen-bond acceptors (Lipinski definition) is 1. The molecular formula is C23H49N. The molecule has 0 spiro atoms. The zero-order valence-electron chi connectivity index (χ0n) is 17.3. The highest BCUT2D eigenvalue weighted by atomic mass is 14.8. The molecule has 1 nitrogen and oxygen atoms in total. The lowest BCUT2D eigenvalue weighted by Crippen LogP contribution is -2.16. The van der Waals surface area contributed by atoms with Gasteiger partial charge in [-0.2, -0.15) is 0 Å². The molecule has 0 rings (SSSR count). The average Bonchev–Trinajstić information content (AvgIpc) is 2.60. The van der Waals surface area contributed by atoms with E-state index >= 15 is 0 Å². The van der Waals surface area contributed by atoms with Crippen LogP contribution in [0.4, 0.5) is 0 Å². The molecule has 0 saturated heterocycles. The van der Waals surface area contributed by atoms with Crippen molar-refractivity contribution in [3.63, 3.8) is 0 Å². The van der Waals surface area contributed by atoms with Gasteiger partial charge in [0.25, 0.3) is 0 Å². The van der Waals surface area contributed by atoms with Crippen LogP contribution in [0.5, 0.6) is 0 Å². The lowest BCUT2D eigenvalue weighted by molar-refractivity contribution is 0.526. The first-order chi connectivity index (χ1) is 11.9. The second kappa shape index (κ2) is 23.0. The summed E-state index contributed by atoms with van der Waals surface area (Å²) in [6.45, 7) is 7.07. The maximum absolute atomic E-state index is 3.62. The Kier molecular flexibility index (Phi) is 22.9. The number of unbranched alkanes of at least 4 members (excludes halogenated alkanes) is 17. The minimum Gasteiger partial charge on any atom is -0.317 e. The molecule has 0 unspecified atom stereocenters. The Morgan fingerprint density at radius 3 is 0.875 bits per heavy atom. The SMILES string of the molecule is CCCCCCCCCCCCCCNCCCCCCCCC. The van der Waals surface area contributed by atoms with Gasteiger partial charge in [0.2, 0.25) is 0 Å². The maximum Gasteiger partial charge on any atom is -0.00489 e. The van der Waals surface area contributed by atoms with Crippen molar-refractivity contribution in [3.05, 3.63) is 0 Å². The van der Waals surface area contributed by atoms with Gasteiger partial charge in [0.15, 0.2) is 0 Å². The molecule has 0 heterocycles. The molecule has 0 fully saturated rings. The van der Waals surface area contributed by atoms with Crippen molar-refractivity contribution in [2.24, 2.45) is 0 Å². The third-order valence-electron chi connectivity index (χ3n) is 5.16. The van der Waals surface area contributed by atoms with E-state index in [-0.39, 0.29) is 0 Å². The zero-order chi connectivity index (χ0) is 17.6. The first kappa shape index (κ1) is 24.0. The van der Waals surface area contributed by atoms with Gasteiger partial charge >= 0.3 is 0 Å². The quantitative estimate of drug-likeness (QED) is 0.209.